The number of hydrogen-bond donors (Lipinski definition) is 1. The number of carbonyl (C=O) groups is 3. The van der Waals surface area contributed by atoms with Crippen LogP contribution >= 0.6 is 11.6 Å². The Balaban J connectivity index is 1.49. The molecule has 6 nitrogen and oxygen atoms in total. The highest BCUT2D eigenvalue weighted by atomic mass is 35.5. The zero-order valence-electron chi connectivity index (χ0n) is 23.1. The van der Waals surface area contributed by atoms with E-state index in [1.807, 2.05) is 31.2 Å². The normalized spacial score (nSPS) is 20.3. The summed E-state index contributed by atoms with van der Waals surface area (Å²) in [5.74, 6) is 0.783. The number of benzene rings is 2. The zero-order chi connectivity index (χ0) is 28.1. The molecule has 5 rings (SSSR count). The van der Waals surface area contributed by atoms with Gasteiger partial charge in [-0.25, -0.2) is 0 Å². The van der Waals surface area contributed by atoms with Crippen LogP contribution in [0.4, 0.5) is 5.69 Å². The number of ketones is 2. The number of rotatable bonds is 5. The van der Waals surface area contributed by atoms with Gasteiger partial charge in [-0.05, 0) is 41.5 Å². The molecule has 2 aromatic carbocycles. The molecular weight excluding hydrogens is 514 g/mol. The highest BCUT2D eigenvalue weighted by Crippen LogP contribution is 2.54. The average Bonchev–Trinajstić information content (AvgIpc) is 2.82. The maximum atomic E-state index is 13.6. The van der Waals surface area contributed by atoms with Crippen molar-refractivity contribution in [2.24, 2.45) is 10.8 Å². The summed E-state index contributed by atoms with van der Waals surface area (Å²) in [5.41, 5.74) is 2.78. The molecule has 0 spiro atoms. The molecule has 0 bridgehead atoms. The van der Waals surface area contributed by atoms with Gasteiger partial charge in [-0.15, -0.1) is 0 Å². The molecule has 1 N–H and O–H groups in total. The average molecular weight is 548 g/mol. The van der Waals surface area contributed by atoms with Gasteiger partial charge in [0, 0.05) is 53.1 Å². The molecule has 7 heteroatoms. The fraction of sp³-hybridized carbons (Fsp3) is 0.406. The zero-order valence-corrected chi connectivity index (χ0v) is 23.8. The van der Waals surface area contributed by atoms with E-state index in [1.54, 1.807) is 18.2 Å². The quantitative estimate of drug-likeness (QED) is 0.433. The van der Waals surface area contributed by atoms with Gasteiger partial charge < -0.3 is 14.8 Å². The first-order valence-corrected chi connectivity index (χ1v) is 13.7. The molecule has 2 aromatic rings. The van der Waals surface area contributed by atoms with E-state index in [0.29, 0.717) is 70.4 Å². The van der Waals surface area contributed by atoms with Gasteiger partial charge in [0.05, 0.1) is 5.92 Å². The van der Waals surface area contributed by atoms with Crippen molar-refractivity contribution in [3.63, 3.8) is 0 Å². The summed E-state index contributed by atoms with van der Waals surface area (Å²) >= 11 is 6.19. The molecule has 0 saturated heterocycles. The van der Waals surface area contributed by atoms with Gasteiger partial charge in [0.2, 0.25) is 0 Å². The van der Waals surface area contributed by atoms with Crippen molar-refractivity contribution in [3.8, 4) is 5.75 Å². The molecule has 1 heterocycles. The molecule has 0 atom stereocenters. The van der Waals surface area contributed by atoms with E-state index in [4.69, 9.17) is 21.1 Å². The number of halogens is 1. The predicted molar refractivity (Wildman–Crippen MR) is 151 cm³/mol. The molecule has 39 heavy (non-hydrogen) atoms. The second kappa shape index (κ2) is 9.98. The molecule has 0 fully saturated rings. The Bertz CT molecular complexity index is 1400. The lowest BCUT2D eigenvalue weighted by molar-refractivity contribution is -0.121. The van der Waals surface area contributed by atoms with Crippen LogP contribution in [0.3, 0.4) is 0 Å². The number of amides is 1. The molecule has 0 unspecified atom stereocenters. The van der Waals surface area contributed by atoms with Crippen LogP contribution in [0.15, 0.2) is 65.1 Å². The summed E-state index contributed by atoms with van der Waals surface area (Å²) in [6.45, 7) is 9.88. The minimum absolute atomic E-state index is 0.0146. The third-order valence-corrected chi connectivity index (χ3v) is 8.03. The maximum absolute atomic E-state index is 13.6. The van der Waals surface area contributed by atoms with Crippen molar-refractivity contribution in [2.45, 2.75) is 66.2 Å². The monoisotopic (exact) mass is 547 g/mol. The van der Waals surface area contributed by atoms with Crippen LogP contribution in [0.2, 0.25) is 5.02 Å². The number of Topliss-reactive ketones (excluding diaryl/α,β-unsaturated/α-hetero) is 2. The summed E-state index contributed by atoms with van der Waals surface area (Å²) in [6, 6.07) is 12.6. The summed E-state index contributed by atoms with van der Waals surface area (Å²) in [5, 5.41) is 3.37. The Kier molecular flexibility index (Phi) is 6.96. The second-order valence-electron chi connectivity index (χ2n) is 12.4. The molecule has 0 aromatic heterocycles. The van der Waals surface area contributed by atoms with Crippen molar-refractivity contribution >= 4 is 34.8 Å². The molecule has 1 amide bonds. The van der Waals surface area contributed by atoms with E-state index in [2.05, 4.69) is 33.0 Å². The van der Waals surface area contributed by atoms with Gasteiger partial charge in [0.1, 0.15) is 17.3 Å². The minimum Gasteiger partial charge on any atom is -0.483 e. The van der Waals surface area contributed by atoms with Gasteiger partial charge in [-0.3, -0.25) is 14.4 Å². The van der Waals surface area contributed by atoms with Gasteiger partial charge in [-0.1, -0.05) is 63.6 Å². The van der Waals surface area contributed by atoms with Crippen LogP contribution in [-0.2, 0) is 19.1 Å². The number of carbonyl (C=O) groups excluding carboxylic acids is 3. The molecule has 2 aliphatic carbocycles. The number of nitrogens with one attached hydrogen (secondary N) is 1. The highest BCUT2D eigenvalue weighted by molar-refractivity contribution is 6.31. The smallest absolute Gasteiger partial charge is 0.262 e. The lowest BCUT2D eigenvalue weighted by Gasteiger charge is -2.43. The fourth-order valence-corrected chi connectivity index (χ4v) is 6.03. The second-order valence-corrected chi connectivity index (χ2v) is 12.8. The van der Waals surface area contributed by atoms with Crippen molar-refractivity contribution in [3.05, 3.63) is 81.3 Å². The first-order valence-electron chi connectivity index (χ1n) is 13.3. The van der Waals surface area contributed by atoms with E-state index in [9.17, 15) is 14.4 Å². The van der Waals surface area contributed by atoms with E-state index in [0.717, 1.165) is 5.56 Å². The number of para-hydroxylation sites is 1. The third kappa shape index (κ3) is 5.53. The van der Waals surface area contributed by atoms with E-state index >= 15 is 0 Å². The van der Waals surface area contributed by atoms with Crippen molar-refractivity contribution in [1.29, 1.82) is 0 Å². The predicted octanol–water partition coefficient (Wildman–Crippen LogP) is 7.07. The molecule has 204 valence electrons. The van der Waals surface area contributed by atoms with Gasteiger partial charge >= 0.3 is 0 Å². The van der Waals surface area contributed by atoms with Gasteiger partial charge in [-0.2, -0.15) is 0 Å². The van der Waals surface area contributed by atoms with Gasteiger partial charge in [0.25, 0.3) is 5.91 Å². The van der Waals surface area contributed by atoms with Gasteiger partial charge in [0.15, 0.2) is 18.2 Å². The minimum atomic E-state index is -0.592. The number of ether oxygens (including phenoxy) is 2. The van der Waals surface area contributed by atoms with Crippen LogP contribution < -0.4 is 10.1 Å². The molecule has 0 saturated carbocycles. The summed E-state index contributed by atoms with van der Waals surface area (Å²) in [4.78, 5) is 39.9. The molecule has 3 aliphatic rings. The Hall–Kier alpha value is -3.38. The van der Waals surface area contributed by atoms with Crippen LogP contribution in [0.25, 0.3) is 0 Å². The summed E-state index contributed by atoms with van der Waals surface area (Å²) < 4.78 is 12.4. The van der Waals surface area contributed by atoms with E-state index in [1.165, 1.54) is 0 Å². The number of anilines is 1. The molecule has 0 radical (unpaired) electrons. The standard InChI is InChI=1S/C32H34ClNO5/c1-18-10-11-19(12-21(18)33)34-27(37)17-38-24-9-7-6-8-20(24)28-29-22(35)13-31(2,3)15-25(29)39-26-16-32(4,5)14-23(36)30(26)28/h6-12,28H,13-17H2,1-5H3,(H,34,37). The van der Waals surface area contributed by atoms with Crippen LogP contribution in [-0.4, -0.2) is 24.1 Å². The Morgan fingerprint density at radius 1 is 0.949 bits per heavy atom. The topological polar surface area (TPSA) is 81.7 Å². The fourth-order valence-electron chi connectivity index (χ4n) is 5.85. The Morgan fingerprint density at radius 2 is 1.54 bits per heavy atom. The Morgan fingerprint density at radius 3 is 2.13 bits per heavy atom. The van der Waals surface area contributed by atoms with E-state index in [-0.39, 0.29) is 34.9 Å². The lowest BCUT2D eigenvalue weighted by Crippen LogP contribution is -2.37. The maximum Gasteiger partial charge on any atom is 0.262 e. The third-order valence-electron chi connectivity index (χ3n) is 7.63. The molecule has 1 aliphatic heterocycles. The first kappa shape index (κ1) is 27.2. The first-order chi connectivity index (χ1) is 18.3. The summed E-state index contributed by atoms with van der Waals surface area (Å²) in [7, 11) is 0. The lowest BCUT2D eigenvalue weighted by atomic mass is 9.65. The Labute approximate surface area is 234 Å². The van der Waals surface area contributed by atoms with Crippen LogP contribution in [0, 0.1) is 17.8 Å². The highest BCUT2D eigenvalue weighted by Gasteiger charge is 2.48. The van der Waals surface area contributed by atoms with Crippen molar-refractivity contribution in [1.82, 2.24) is 0 Å². The van der Waals surface area contributed by atoms with Crippen LogP contribution in [0.5, 0.6) is 5.75 Å². The van der Waals surface area contributed by atoms with Crippen LogP contribution in [0.1, 0.15) is 70.4 Å². The number of aryl methyl sites for hydroxylation is 1. The largest absolute Gasteiger partial charge is 0.483 e. The molecular formula is C32H34ClNO5. The van der Waals surface area contributed by atoms with Crippen molar-refractivity contribution < 1.29 is 23.9 Å². The SMILES string of the molecule is Cc1ccc(NC(=O)COc2ccccc2C2C3=C(CC(C)(C)CC3=O)OC3=C2C(=O)CC(C)(C)C3)cc1Cl. The number of hydrogen-bond acceptors (Lipinski definition) is 5. The number of allylic oxidation sites excluding steroid dienone is 4. The van der Waals surface area contributed by atoms with Crippen molar-refractivity contribution in [2.75, 3.05) is 11.9 Å². The van der Waals surface area contributed by atoms with E-state index < -0.39 is 5.92 Å². The summed E-state index contributed by atoms with van der Waals surface area (Å²) in [6.07, 6.45) is 1.97.